The summed E-state index contributed by atoms with van der Waals surface area (Å²) in [4.78, 5) is 63.5. The van der Waals surface area contributed by atoms with Crippen LogP contribution in [0.4, 0.5) is 0 Å². The average Bonchev–Trinajstić information content (AvgIpc) is 2.85. The van der Waals surface area contributed by atoms with Gasteiger partial charge >= 0.3 is 21.1 Å². The van der Waals surface area contributed by atoms with E-state index in [2.05, 4.69) is 0 Å². The maximum absolute atomic E-state index is 10.6. The topological polar surface area (TPSA) is 241 Å². The van der Waals surface area contributed by atoms with Crippen molar-refractivity contribution in [3.8, 4) is 0 Å². The van der Waals surface area contributed by atoms with E-state index in [1.165, 1.54) is 0 Å². The van der Waals surface area contributed by atoms with Gasteiger partial charge in [0.05, 0.1) is 35.8 Å². The van der Waals surface area contributed by atoms with Crippen LogP contribution in [-0.4, -0.2) is 35.8 Å². The SMILES string of the molecule is O=C([O-])C1(C(=O)[O-])CCCCC1.O=C([O-])C1(C(=O)[O-])CCCCC1.O=C([O-])C1(C(=O)[O-])CCCCC1.[Mo+6]. The zero-order valence-corrected chi connectivity index (χ0v) is 22.4. The molecule has 0 spiro atoms. The van der Waals surface area contributed by atoms with E-state index in [0.717, 1.165) is 19.3 Å². The van der Waals surface area contributed by atoms with Crippen LogP contribution in [-0.2, 0) is 49.8 Å². The van der Waals surface area contributed by atoms with E-state index >= 15 is 0 Å². The fraction of sp³-hybridized carbons (Fsp3) is 0.750. The summed E-state index contributed by atoms with van der Waals surface area (Å²) in [6.45, 7) is 0. The van der Waals surface area contributed by atoms with Crippen LogP contribution >= 0.6 is 0 Å². The second-order valence-electron chi connectivity index (χ2n) is 9.65. The summed E-state index contributed by atoms with van der Waals surface area (Å²) < 4.78 is 0. The second kappa shape index (κ2) is 15.0. The third kappa shape index (κ3) is 8.25. The molecular formula is C24H30MoO12. The third-order valence-electron chi connectivity index (χ3n) is 7.47. The van der Waals surface area contributed by atoms with E-state index in [9.17, 15) is 59.4 Å². The molecule has 12 nitrogen and oxygen atoms in total. The number of carbonyl (C=O) groups excluding carboxylic acids is 6. The molecule has 0 aromatic heterocycles. The number of carboxylic acid groups (broad SMARTS) is 6. The molecule has 3 rings (SSSR count). The van der Waals surface area contributed by atoms with Gasteiger partial charge in [-0.1, -0.05) is 57.8 Å². The van der Waals surface area contributed by atoms with E-state index in [1.807, 2.05) is 0 Å². The number of carbonyl (C=O) groups is 6. The molecule has 3 aliphatic carbocycles. The van der Waals surface area contributed by atoms with Crippen LogP contribution in [0, 0.1) is 16.2 Å². The van der Waals surface area contributed by atoms with Gasteiger partial charge in [-0.15, -0.1) is 0 Å². The van der Waals surface area contributed by atoms with Crippen molar-refractivity contribution in [2.24, 2.45) is 16.2 Å². The molecule has 37 heavy (non-hydrogen) atoms. The molecule has 0 heterocycles. The minimum absolute atomic E-state index is 0. The Morgan fingerprint density at radius 1 is 0.324 bits per heavy atom. The van der Waals surface area contributed by atoms with Crippen molar-refractivity contribution < 1.29 is 80.5 Å². The zero-order valence-electron chi connectivity index (χ0n) is 20.4. The summed E-state index contributed by atoms with van der Waals surface area (Å²) in [5.41, 5.74) is -5.13. The number of aliphatic carboxylic acids is 6. The van der Waals surface area contributed by atoms with Crippen LogP contribution in [0.1, 0.15) is 96.3 Å². The maximum Gasteiger partial charge on any atom is 6.00 e. The molecule has 0 aliphatic heterocycles. The summed E-state index contributed by atoms with van der Waals surface area (Å²) in [6.07, 6.45) is 7.34. The number of rotatable bonds is 6. The Hall–Kier alpha value is -2.49. The molecule has 3 aliphatic rings. The van der Waals surface area contributed by atoms with Gasteiger partial charge in [0.2, 0.25) is 0 Å². The first-order valence-corrected chi connectivity index (χ1v) is 12.1. The van der Waals surface area contributed by atoms with Crippen LogP contribution in [0.15, 0.2) is 0 Å². The Labute approximate surface area is 228 Å². The van der Waals surface area contributed by atoms with Crippen LogP contribution in [0.3, 0.4) is 0 Å². The fourth-order valence-electron chi connectivity index (χ4n) is 4.94. The zero-order chi connectivity index (χ0) is 27.6. The molecular weight excluding hydrogens is 576 g/mol. The maximum atomic E-state index is 10.6. The van der Waals surface area contributed by atoms with Crippen molar-refractivity contribution in [2.75, 3.05) is 0 Å². The van der Waals surface area contributed by atoms with E-state index in [4.69, 9.17) is 0 Å². The summed E-state index contributed by atoms with van der Waals surface area (Å²) in [5.74, 6) is -8.99. The van der Waals surface area contributed by atoms with E-state index in [0.29, 0.717) is 38.5 Å². The first-order chi connectivity index (χ1) is 16.8. The molecule has 0 N–H and O–H groups in total. The Bertz CT molecular complexity index is 677. The summed E-state index contributed by atoms with van der Waals surface area (Å²) in [6, 6.07) is 0. The third-order valence-corrected chi connectivity index (χ3v) is 7.47. The van der Waals surface area contributed by atoms with Gasteiger partial charge in [-0.05, 0) is 38.5 Å². The van der Waals surface area contributed by atoms with Crippen molar-refractivity contribution in [1.29, 1.82) is 0 Å². The molecule has 3 fully saturated rings. The van der Waals surface area contributed by atoms with Crippen molar-refractivity contribution >= 4 is 35.8 Å². The Kier molecular flexibility index (Phi) is 14.0. The van der Waals surface area contributed by atoms with Crippen LogP contribution in [0.5, 0.6) is 0 Å². The van der Waals surface area contributed by atoms with Gasteiger partial charge in [0.15, 0.2) is 0 Å². The smallest absolute Gasteiger partial charge is 0.549 e. The van der Waals surface area contributed by atoms with Gasteiger partial charge < -0.3 is 59.4 Å². The molecule has 0 radical (unpaired) electrons. The quantitative estimate of drug-likeness (QED) is 0.205. The standard InChI is InChI=1S/3C8H12O4.Mo/c3*9-6(10)8(7(11)12)4-2-1-3-5-8;/h3*1-5H2,(H,9,10)(H,11,12);/q;;;+6/p-6. The summed E-state index contributed by atoms with van der Waals surface area (Å²) in [7, 11) is 0. The summed E-state index contributed by atoms with van der Waals surface area (Å²) in [5, 5.41) is 63.5. The van der Waals surface area contributed by atoms with Crippen molar-refractivity contribution in [3.63, 3.8) is 0 Å². The largest absolute Gasteiger partial charge is 6.00 e. The Morgan fingerprint density at radius 2 is 0.459 bits per heavy atom. The average molecular weight is 606 g/mol. The van der Waals surface area contributed by atoms with E-state index in [1.54, 1.807) is 0 Å². The monoisotopic (exact) mass is 608 g/mol. The van der Waals surface area contributed by atoms with Crippen LogP contribution in [0.25, 0.3) is 0 Å². The number of hydrogen-bond acceptors (Lipinski definition) is 12. The minimum Gasteiger partial charge on any atom is -0.549 e. The van der Waals surface area contributed by atoms with Gasteiger partial charge in [0.1, 0.15) is 0 Å². The molecule has 0 amide bonds. The van der Waals surface area contributed by atoms with Gasteiger partial charge in [-0.25, -0.2) is 0 Å². The molecule has 0 bridgehead atoms. The van der Waals surface area contributed by atoms with Crippen LogP contribution < -0.4 is 30.6 Å². The molecule has 0 aromatic carbocycles. The Morgan fingerprint density at radius 3 is 0.541 bits per heavy atom. The van der Waals surface area contributed by atoms with Crippen molar-refractivity contribution in [2.45, 2.75) is 96.3 Å². The molecule has 204 valence electrons. The first kappa shape index (κ1) is 34.5. The van der Waals surface area contributed by atoms with E-state index in [-0.39, 0.29) is 59.6 Å². The molecule has 3 saturated carbocycles. The predicted molar refractivity (Wildman–Crippen MR) is 107 cm³/mol. The van der Waals surface area contributed by atoms with Gasteiger partial charge in [0, 0.05) is 16.2 Å². The van der Waals surface area contributed by atoms with Gasteiger partial charge in [0.25, 0.3) is 0 Å². The second-order valence-corrected chi connectivity index (χ2v) is 9.65. The number of carboxylic acids is 6. The molecule has 13 heteroatoms. The first-order valence-electron chi connectivity index (χ1n) is 12.1. The van der Waals surface area contributed by atoms with Crippen LogP contribution in [0.2, 0.25) is 0 Å². The Balaban J connectivity index is 0.000000518. The normalized spacial score (nSPS) is 21.1. The number of hydrogen-bond donors (Lipinski definition) is 0. The van der Waals surface area contributed by atoms with Crippen molar-refractivity contribution in [1.82, 2.24) is 0 Å². The van der Waals surface area contributed by atoms with Gasteiger partial charge in [-0.2, -0.15) is 0 Å². The molecule has 0 saturated heterocycles. The molecule has 0 atom stereocenters. The minimum atomic E-state index is -1.71. The van der Waals surface area contributed by atoms with Gasteiger partial charge in [-0.3, -0.25) is 0 Å². The predicted octanol–water partition coefficient (Wildman–Crippen LogP) is -4.69. The fourth-order valence-corrected chi connectivity index (χ4v) is 4.94. The molecule has 0 unspecified atom stereocenters. The van der Waals surface area contributed by atoms with Crippen molar-refractivity contribution in [3.05, 3.63) is 0 Å². The molecule has 0 aromatic rings. The summed E-state index contributed by atoms with van der Waals surface area (Å²) >= 11 is 0. The van der Waals surface area contributed by atoms with E-state index < -0.39 is 52.1 Å².